The van der Waals surface area contributed by atoms with Gasteiger partial charge in [-0.05, 0) is 13.8 Å². The quantitative estimate of drug-likeness (QED) is 0.353. The number of nitrogens with two attached hydrogens (primary N) is 1. The lowest BCUT2D eigenvalue weighted by molar-refractivity contribution is -0.127. The monoisotopic (exact) mass is 263 g/mol. The Morgan fingerprint density at radius 1 is 1.41 bits per heavy atom. The first-order valence-corrected chi connectivity index (χ1v) is 6.54. The number of carbonyl (C=O) groups is 2. The summed E-state index contributed by atoms with van der Waals surface area (Å²) in [5, 5.41) is -0.454. The van der Waals surface area contributed by atoms with Crippen molar-refractivity contribution in [3.05, 3.63) is 0 Å². The number of carbonyl (C=O) groups excluding carboxylic acids is 2. The topological polar surface area (TPSA) is 84.7 Å². The van der Waals surface area contributed by atoms with Gasteiger partial charge in [-0.1, -0.05) is 0 Å². The first-order valence-electron chi connectivity index (χ1n) is 5.49. The van der Waals surface area contributed by atoms with Crippen LogP contribution in [0.4, 0.5) is 0 Å². The molecular weight excluding hydrogens is 242 g/mol. The molecule has 17 heavy (non-hydrogen) atoms. The van der Waals surface area contributed by atoms with Gasteiger partial charge in [0.25, 0.3) is 0 Å². The first-order chi connectivity index (χ1) is 8.10. The van der Waals surface area contributed by atoms with E-state index >= 15 is 0 Å². The van der Waals surface area contributed by atoms with Gasteiger partial charge in [-0.25, -0.2) is 5.84 Å². The lowest BCUT2D eigenvalue weighted by Gasteiger charge is -2.20. The predicted molar refractivity (Wildman–Crippen MR) is 68.4 cm³/mol. The van der Waals surface area contributed by atoms with Crippen molar-refractivity contribution in [1.82, 2.24) is 10.3 Å². The molecule has 0 fully saturated rings. The summed E-state index contributed by atoms with van der Waals surface area (Å²) in [5.41, 5.74) is 2.07. The zero-order valence-corrected chi connectivity index (χ0v) is 11.4. The summed E-state index contributed by atoms with van der Waals surface area (Å²) in [6.07, 6.45) is 0. The molecule has 0 rings (SSSR count). The molecule has 3 N–H and O–H groups in total. The molecule has 0 spiro atoms. The van der Waals surface area contributed by atoms with Crippen molar-refractivity contribution < 1.29 is 14.3 Å². The number of hydrogen-bond donors (Lipinski definition) is 2. The van der Waals surface area contributed by atoms with Crippen LogP contribution in [0.2, 0.25) is 0 Å². The van der Waals surface area contributed by atoms with Crippen molar-refractivity contribution in [2.75, 3.05) is 32.6 Å². The fourth-order valence-electron chi connectivity index (χ4n) is 1.28. The van der Waals surface area contributed by atoms with Crippen LogP contribution in [0.5, 0.6) is 0 Å². The van der Waals surface area contributed by atoms with E-state index in [9.17, 15) is 9.59 Å². The van der Waals surface area contributed by atoms with Gasteiger partial charge in [0, 0.05) is 20.2 Å². The Balaban J connectivity index is 4.20. The van der Waals surface area contributed by atoms with Crippen LogP contribution in [0.25, 0.3) is 0 Å². The number of hydrogen-bond acceptors (Lipinski definition) is 5. The minimum atomic E-state index is -0.454. The zero-order valence-electron chi connectivity index (χ0n) is 10.6. The lowest BCUT2D eigenvalue weighted by Crippen LogP contribution is -2.41. The Labute approximate surface area is 106 Å². The highest BCUT2D eigenvalue weighted by Crippen LogP contribution is 2.12. The number of ether oxygens (including phenoxy) is 1. The van der Waals surface area contributed by atoms with Gasteiger partial charge in [0.05, 0.1) is 12.4 Å². The number of rotatable bonds is 8. The third-order valence-electron chi connectivity index (χ3n) is 2.28. The highest BCUT2D eigenvalue weighted by Gasteiger charge is 2.20. The molecule has 100 valence electrons. The fourth-order valence-corrected chi connectivity index (χ4v) is 2.26. The van der Waals surface area contributed by atoms with Crippen molar-refractivity contribution in [2.24, 2.45) is 5.84 Å². The molecule has 7 heteroatoms. The highest BCUT2D eigenvalue weighted by molar-refractivity contribution is 8.01. The van der Waals surface area contributed by atoms with Crippen molar-refractivity contribution in [3.8, 4) is 0 Å². The van der Waals surface area contributed by atoms with E-state index in [4.69, 9.17) is 10.6 Å². The standard InChI is InChI=1S/C10H21N3O3S/c1-4-13(5-2)9(14)7-17-8(6-16-3)10(15)12-11/h8H,4-7,11H2,1-3H3,(H,12,15). The molecule has 0 aliphatic carbocycles. The lowest BCUT2D eigenvalue weighted by atomic mass is 10.4. The second kappa shape index (κ2) is 9.26. The summed E-state index contributed by atoms with van der Waals surface area (Å²) in [7, 11) is 1.50. The third-order valence-corrected chi connectivity index (χ3v) is 3.44. The minimum absolute atomic E-state index is 0.0194. The molecule has 0 aliphatic rings. The van der Waals surface area contributed by atoms with E-state index < -0.39 is 5.25 Å². The van der Waals surface area contributed by atoms with Crippen LogP contribution in [-0.2, 0) is 14.3 Å². The maximum absolute atomic E-state index is 11.7. The van der Waals surface area contributed by atoms with Crippen LogP contribution in [0.3, 0.4) is 0 Å². The smallest absolute Gasteiger partial charge is 0.249 e. The molecule has 0 aromatic heterocycles. The van der Waals surface area contributed by atoms with Gasteiger partial charge in [-0.15, -0.1) is 11.8 Å². The van der Waals surface area contributed by atoms with Gasteiger partial charge in [0.15, 0.2) is 0 Å². The maximum Gasteiger partial charge on any atom is 0.249 e. The average molecular weight is 263 g/mol. The Kier molecular flexibility index (Phi) is 8.83. The van der Waals surface area contributed by atoms with E-state index in [2.05, 4.69) is 5.43 Å². The van der Waals surface area contributed by atoms with E-state index in [0.29, 0.717) is 13.1 Å². The summed E-state index contributed by atoms with van der Waals surface area (Å²) < 4.78 is 4.91. The van der Waals surface area contributed by atoms with Crippen LogP contribution in [0.1, 0.15) is 13.8 Å². The maximum atomic E-state index is 11.7. The molecule has 0 saturated carbocycles. The molecule has 6 nitrogen and oxygen atoms in total. The molecule has 0 aromatic carbocycles. The van der Waals surface area contributed by atoms with E-state index in [-0.39, 0.29) is 24.2 Å². The minimum Gasteiger partial charge on any atom is -0.383 e. The van der Waals surface area contributed by atoms with E-state index in [0.717, 1.165) is 0 Å². The third kappa shape index (κ3) is 5.90. The Bertz CT molecular complexity index is 247. The zero-order chi connectivity index (χ0) is 13.3. The van der Waals surface area contributed by atoms with Gasteiger partial charge in [-0.3, -0.25) is 15.0 Å². The van der Waals surface area contributed by atoms with Crippen molar-refractivity contribution in [3.63, 3.8) is 0 Å². The Morgan fingerprint density at radius 2 is 2.00 bits per heavy atom. The molecule has 0 aliphatic heterocycles. The SMILES string of the molecule is CCN(CC)C(=O)CSC(COC)C(=O)NN. The van der Waals surface area contributed by atoms with Crippen molar-refractivity contribution in [1.29, 1.82) is 0 Å². The van der Waals surface area contributed by atoms with Gasteiger partial charge < -0.3 is 9.64 Å². The Morgan fingerprint density at radius 3 is 2.41 bits per heavy atom. The second-order valence-corrected chi connectivity index (χ2v) is 4.52. The number of hydrazine groups is 1. The summed E-state index contributed by atoms with van der Waals surface area (Å²) in [5.74, 6) is 5.00. The van der Waals surface area contributed by atoms with Gasteiger partial charge in [-0.2, -0.15) is 0 Å². The number of methoxy groups -OCH3 is 1. The van der Waals surface area contributed by atoms with E-state index in [1.165, 1.54) is 18.9 Å². The van der Waals surface area contributed by atoms with Gasteiger partial charge in [0.1, 0.15) is 5.25 Å². The van der Waals surface area contributed by atoms with Crippen LogP contribution < -0.4 is 11.3 Å². The van der Waals surface area contributed by atoms with Crippen LogP contribution in [-0.4, -0.2) is 54.5 Å². The Hall–Kier alpha value is -0.790. The van der Waals surface area contributed by atoms with Gasteiger partial charge >= 0.3 is 0 Å². The average Bonchev–Trinajstić information content (AvgIpc) is 2.34. The fraction of sp³-hybridized carbons (Fsp3) is 0.800. The molecular formula is C10H21N3O3S. The van der Waals surface area contributed by atoms with Gasteiger partial charge in [0.2, 0.25) is 11.8 Å². The highest BCUT2D eigenvalue weighted by atomic mass is 32.2. The molecule has 0 saturated heterocycles. The number of thioether (sulfide) groups is 1. The summed E-state index contributed by atoms with van der Waals surface area (Å²) in [6.45, 7) is 5.43. The molecule has 0 radical (unpaired) electrons. The largest absolute Gasteiger partial charge is 0.383 e. The number of nitrogens with one attached hydrogen (secondary N) is 1. The molecule has 0 bridgehead atoms. The first kappa shape index (κ1) is 16.2. The molecule has 0 heterocycles. The summed E-state index contributed by atoms with van der Waals surface area (Å²) in [6, 6.07) is 0. The number of nitrogens with zero attached hydrogens (tertiary/aromatic N) is 1. The number of amides is 2. The second-order valence-electron chi connectivity index (χ2n) is 3.33. The molecule has 0 aromatic rings. The van der Waals surface area contributed by atoms with Crippen LogP contribution in [0, 0.1) is 0 Å². The normalized spacial score (nSPS) is 12.0. The molecule has 1 unspecified atom stereocenters. The molecule has 1 atom stereocenters. The van der Waals surface area contributed by atoms with Crippen LogP contribution >= 0.6 is 11.8 Å². The van der Waals surface area contributed by atoms with Crippen molar-refractivity contribution >= 4 is 23.6 Å². The van der Waals surface area contributed by atoms with E-state index in [1.54, 1.807) is 4.90 Å². The predicted octanol–water partition coefficient (Wildman–Crippen LogP) is -0.407. The molecule has 2 amide bonds. The van der Waals surface area contributed by atoms with Crippen molar-refractivity contribution in [2.45, 2.75) is 19.1 Å². The summed E-state index contributed by atoms with van der Waals surface area (Å²) in [4.78, 5) is 24.8. The summed E-state index contributed by atoms with van der Waals surface area (Å²) >= 11 is 1.24. The van der Waals surface area contributed by atoms with Crippen LogP contribution in [0.15, 0.2) is 0 Å². The van der Waals surface area contributed by atoms with E-state index in [1.807, 2.05) is 13.8 Å².